The van der Waals surface area contributed by atoms with E-state index >= 15 is 0 Å². The van der Waals surface area contributed by atoms with Gasteiger partial charge in [-0.2, -0.15) is 13.2 Å². The van der Waals surface area contributed by atoms with Crippen molar-refractivity contribution in [1.82, 2.24) is 19.7 Å². The summed E-state index contributed by atoms with van der Waals surface area (Å²) in [7, 11) is 0. The second kappa shape index (κ2) is 8.38. The molecule has 0 unspecified atom stereocenters. The summed E-state index contributed by atoms with van der Waals surface area (Å²) in [6, 6.07) is 10.2. The Morgan fingerprint density at radius 1 is 1.14 bits per heavy atom. The van der Waals surface area contributed by atoms with Crippen molar-refractivity contribution >= 4 is 27.8 Å². The molecule has 1 aromatic carbocycles. The lowest BCUT2D eigenvalue weighted by Crippen LogP contribution is -2.20. The lowest BCUT2D eigenvalue weighted by atomic mass is 10.2. The molecule has 0 aliphatic heterocycles. The van der Waals surface area contributed by atoms with Crippen LogP contribution in [0.3, 0.4) is 0 Å². The second-order valence-corrected chi connectivity index (χ2v) is 6.55. The van der Waals surface area contributed by atoms with Crippen LogP contribution in [0.25, 0.3) is 0 Å². The third-order valence-corrected chi connectivity index (χ3v) is 3.93. The number of carbonyl (C=O) groups excluding carboxylic acids is 1. The molecule has 1 N–H and O–H groups in total. The topological polar surface area (TPSA) is 81.9 Å². The summed E-state index contributed by atoms with van der Waals surface area (Å²) in [5.41, 5.74) is 1.13. The van der Waals surface area contributed by atoms with Crippen molar-refractivity contribution < 1.29 is 22.7 Å². The van der Waals surface area contributed by atoms with Gasteiger partial charge in [0.25, 0.3) is 5.91 Å². The summed E-state index contributed by atoms with van der Waals surface area (Å²) in [6.07, 6.45) is -1.87. The number of hydrogen-bond acceptors (Lipinski definition) is 5. The molecule has 0 radical (unpaired) electrons. The van der Waals surface area contributed by atoms with Gasteiger partial charge in [0.15, 0.2) is 6.61 Å². The van der Waals surface area contributed by atoms with E-state index in [-0.39, 0.29) is 17.4 Å². The minimum atomic E-state index is -4.46. The summed E-state index contributed by atoms with van der Waals surface area (Å²) in [6.45, 7) is -0.978. The van der Waals surface area contributed by atoms with E-state index in [1.807, 2.05) is 24.3 Å². The van der Waals surface area contributed by atoms with Crippen molar-refractivity contribution in [2.75, 3.05) is 11.9 Å². The van der Waals surface area contributed by atoms with E-state index in [2.05, 4.69) is 41.1 Å². The van der Waals surface area contributed by atoms with Crippen LogP contribution >= 0.6 is 15.9 Å². The first kappa shape index (κ1) is 19.8. The van der Waals surface area contributed by atoms with Gasteiger partial charge >= 0.3 is 6.18 Å². The molecule has 0 atom stereocenters. The lowest BCUT2D eigenvalue weighted by Gasteiger charge is -2.08. The first-order valence-corrected chi connectivity index (χ1v) is 8.69. The average molecular weight is 456 g/mol. The van der Waals surface area contributed by atoms with Gasteiger partial charge in [0, 0.05) is 16.7 Å². The summed E-state index contributed by atoms with van der Waals surface area (Å²) >= 11 is 3.36. The van der Waals surface area contributed by atoms with Crippen LogP contribution in [-0.2, 0) is 6.54 Å². The number of nitrogens with zero attached hydrogens (tertiary/aromatic N) is 4. The molecule has 0 aliphatic rings. The highest BCUT2D eigenvalue weighted by Gasteiger charge is 2.28. The molecule has 0 bridgehead atoms. The number of rotatable bonds is 6. The highest BCUT2D eigenvalue weighted by atomic mass is 79.9. The second-order valence-electron chi connectivity index (χ2n) is 5.64. The number of benzene rings is 1. The number of halogens is 4. The number of anilines is 1. The monoisotopic (exact) mass is 455 g/mol. The van der Waals surface area contributed by atoms with Gasteiger partial charge in [-0.05, 0) is 23.8 Å². The molecule has 3 aromatic rings. The molecule has 2 aromatic heterocycles. The number of hydrogen-bond donors (Lipinski definition) is 1. The maximum atomic E-state index is 12.2. The molecule has 3 rings (SSSR count). The maximum absolute atomic E-state index is 12.2. The highest BCUT2D eigenvalue weighted by molar-refractivity contribution is 9.10. The third-order valence-electron chi connectivity index (χ3n) is 3.40. The fourth-order valence-electron chi connectivity index (χ4n) is 2.13. The van der Waals surface area contributed by atoms with Crippen LogP contribution in [0.15, 0.2) is 53.4 Å². The molecule has 11 heteroatoms. The fraction of sp³-hybridized carbons (Fsp3) is 0.176. The molecule has 0 saturated carbocycles. The van der Waals surface area contributed by atoms with Crippen LogP contribution in [0.2, 0.25) is 0 Å². The van der Waals surface area contributed by atoms with Crippen molar-refractivity contribution in [3.63, 3.8) is 0 Å². The van der Waals surface area contributed by atoms with Crippen LogP contribution in [0.1, 0.15) is 15.9 Å². The predicted molar refractivity (Wildman–Crippen MR) is 97.0 cm³/mol. The van der Waals surface area contributed by atoms with Crippen molar-refractivity contribution in [2.45, 2.75) is 12.7 Å². The Balaban J connectivity index is 1.57. The van der Waals surface area contributed by atoms with E-state index in [0.29, 0.717) is 6.54 Å². The maximum Gasteiger partial charge on any atom is 0.422 e. The highest BCUT2D eigenvalue weighted by Crippen LogP contribution is 2.17. The largest absolute Gasteiger partial charge is 0.468 e. The van der Waals surface area contributed by atoms with E-state index in [0.717, 1.165) is 16.2 Å². The van der Waals surface area contributed by atoms with Gasteiger partial charge in [-0.25, -0.2) is 14.6 Å². The van der Waals surface area contributed by atoms with Crippen LogP contribution in [-0.4, -0.2) is 38.4 Å². The van der Waals surface area contributed by atoms with Crippen LogP contribution in [0.4, 0.5) is 19.1 Å². The number of carbonyl (C=O) groups is 1. The zero-order valence-corrected chi connectivity index (χ0v) is 15.7. The molecule has 0 spiro atoms. The molecule has 7 nitrogen and oxygen atoms in total. The molecular weight excluding hydrogens is 443 g/mol. The normalized spacial score (nSPS) is 11.3. The number of nitrogens with one attached hydrogen (secondary N) is 1. The Bertz CT molecular complexity index is 943. The quantitative estimate of drug-likeness (QED) is 0.612. The van der Waals surface area contributed by atoms with Crippen LogP contribution in [0, 0.1) is 0 Å². The number of aromatic nitrogens is 4. The van der Waals surface area contributed by atoms with Crippen molar-refractivity contribution in [2.24, 2.45) is 0 Å². The van der Waals surface area contributed by atoms with Gasteiger partial charge < -0.3 is 4.74 Å². The Morgan fingerprint density at radius 3 is 2.54 bits per heavy atom. The van der Waals surface area contributed by atoms with Crippen molar-refractivity contribution in [1.29, 1.82) is 0 Å². The first-order valence-electron chi connectivity index (χ1n) is 7.89. The van der Waals surface area contributed by atoms with Gasteiger partial charge in [0.05, 0.1) is 12.1 Å². The fourth-order valence-corrected chi connectivity index (χ4v) is 2.40. The summed E-state index contributed by atoms with van der Waals surface area (Å²) in [5.74, 6) is -0.679. The third kappa shape index (κ3) is 5.78. The van der Waals surface area contributed by atoms with Gasteiger partial charge in [0.2, 0.25) is 11.8 Å². The Kier molecular flexibility index (Phi) is 5.93. The average Bonchev–Trinajstić information content (AvgIpc) is 3.08. The number of alkyl halides is 3. The summed E-state index contributed by atoms with van der Waals surface area (Å²) < 4.78 is 43.4. The number of pyridine rings is 1. The lowest BCUT2D eigenvalue weighted by molar-refractivity contribution is -0.154. The van der Waals surface area contributed by atoms with Gasteiger partial charge in [-0.15, -0.1) is 5.10 Å². The SMILES string of the molecule is O=C(Nc1ncn(Cc2ccc(Br)cc2)n1)c1ccc(OCC(F)(F)F)nc1. The van der Waals surface area contributed by atoms with E-state index < -0.39 is 18.7 Å². The number of amides is 1. The molecular formula is C17H13BrF3N5O2. The van der Waals surface area contributed by atoms with Crippen LogP contribution in [0.5, 0.6) is 5.88 Å². The molecule has 0 aliphatic carbocycles. The van der Waals surface area contributed by atoms with E-state index in [4.69, 9.17) is 0 Å². The molecule has 1 amide bonds. The van der Waals surface area contributed by atoms with E-state index in [9.17, 15) is 18.0 Å². The zero-order valence-electron chi connectivity index (χ0n) is 14.2. The minimum absolute atomic E-state index is 0.0968. The van der Waals surface area contributed by atoms with Crippen molar-refractivity contribution in [3.8, 4) is 5.88 Å². The molecule has 146 valence electrons. The Hall–Kier alpha value is -2.95. The first-order chi connectivity index (χ1) is 13.3. The number of ether oxygens (including phenoxy) is 1. The summed E-state index contributed by atoms with van der Waals surface area (Å²) in [5, 5.41) is 6.66. The van der Waals surface area contributed by atoms with Gasteiger partial charge in [-0.3, -0.25) is 10.1 Å². The van der Waals surface area contributed by atoms with Crippen LogP contribution < -0.4 is 10.1 Å². The Labute approximate surface area is 165 Å². The zero-order chi connectivity index (χ0) is 20.1. The van der Waals surface area contributed by atoms with Crippen molar-refractivity contribution in [3.05, 3.63) is 64.5 Å². The summed E-state index contributed by atoms with van der Waals surface area (Å²) in [4.78, 5) is 19.9. The van der Waals surface area contributed by atoms with E-state index in [1.54, 1.807) is 4.68 Å². The van der Waals surface area contributed by atoms with Gasteiger partial charge in [-0.1, -0.05) is 28.1 Å². The molecule has 2 heterocycles. The molecule has 28 heavy (non-hydrogen) atoms. The smallest absolute Gasteiger partial charge is 0.422 e. The molecule has 0 fully saturated rings. The standard InChI is InChI=1S/C17H13BrF3N5O2/c18-13-4-1-11(2-5-13)8-26-10-23-16(25-26)24-15(27)12-3-6-14(22-7-12)28-9-17(19,20)21/h1-7,10H,8-9H2,(H,24,25,27). The van der Waals surface area contributed by atoms with E-state index in [1.165, 1.54) is 18.5 Å². The Morgan fingerprint density at radius 2 is 1.89 bits per heavy atom. The molecule has 0 saturated heterocycles. The van der Waals surface area contributed by atoms with Gasteiger partial charge in [0.1, 0.15) is 6.33 Å². The minimum Gasteiger partial charge on any atom is -0.468 e. The predicted octanol–water partition coefficient (Wildman–Crippen LogP) is 3.68.